The molecule has 0 atom stereocenters. The van der Waals surface area contributed by atoms with Crippen LogP contribution >= 0.6 is 11.3 Å². The third-order valence-electron chi connectivity index (χ3n) is 5.92. The molecule has 2 heterocycles. The van der Waals surface area contributed by atoms with Gasteiger partial charge in [-0.3, -0.25) is 0 Å². The maximum Gasteiger partial charge on any atom is 0.214 e. The first kappa shape index (κ1) is 14.5. The fraction of sp³-hybridized carbons (Fsp3) is 0.143. The van der Waals surface area contributed by atoms with Gasteiger partial charge in [-0.15, -0.1) is 11.3 Å². The predicted molar refractivity (Wildman–Crippen MR) is 132 cm³/mol. The van der Waals surface area contributed by atoms with Gasteiger partial charge in [-0.2, -0.15) is 4.57 Å². The van der Waals surface area contributed by atoms with Gasteiger partial charge in [-0.25, -0.2) is 4.85 Å². The summed E-state index contributed by atoms with van der Waals surface area (Å²) in [6.45, 7) is 8.95. The van der Waals surface area contributed by atoms with Crippen molar-refractivity contribution in [2.24, 2.45) is 7.05 Å². The first-order valence-electron chi connectivity index (χ1n) is 12.5. The second-order valence-electron chi connectivity index (χ2n) is 7.67. The molecule has 0 aliphatic carbocycles. The predicted octanol–water partition coefficient (Wildman–Crippen LogP) is 7.69. The fourth-order valence-electron chi connectivity index (χ4n) is 4.12. The Balaban J connectivity index is 1.93. The van der Waals surface area contributed by atoms with E-state index in [2.05, 4.69) is 10.9 Å². The maximum atomic E-state index is 8.84. The lowest BCUT2D eigenvalue weighted by molar-refractivity contribution is -0.667. The number of nitrogens with zero attached hydrogens (tertiary/aromatic N) is 2. The van der Waals surface area contributed by atoms with Crippen LogP contribution in [0.3, 0.4) is 0 Å². The third kappa shape index (κ3) is 2.95. The maximum absolute atomic E-state index is 8.84. The molecule has 0 amide bonds. The lowest BCUT2D eigenvalue weighted by atomic mass is 9.98. The molecule has 0 spiro atoms. The topological polar surface area (TPSA) is 8.24 Å². The van der Waals surface area contributed by atoms with Crippen molar-refractivity contribution in [3.8, 4) is 22.4 Å². The van der Waals surface area contributed by atoms with Gasteiger partial charge in [0.1, 0.15) is 7.05 Å². The van der Waals surface area contributed by atoms with Gasteiger partial charge in [0, 0.05) is 43.0 Å². The summed E-state index contributed by atoms with van der Waals surface area (Å²) < 4.78 is 44.8. The highest BCUT2D eigenvalue weighted by Gasteiger charge is 2.22. The van der Waals surface area contributed by atoms with E-state index in [4.69, 9.17) is 13.4 Å². The van der Waals surface area contributed by atoms with E-state index in [1.807, 2.05) is 55.5 Å². The van der Waals surface area contributed by atoms with Crippen molar-refractivity contribution >= 4 is 37.2 Å². The summed E-state index contributed by atoms with van der Waals surface area (Å²) in [6.07, 6.45) is 0. The number of pyridine rings is 1. The number of benzene rings is 3. The number of hydrogen-bond acceptors (Lipinski definition) is 1. The lowest BCUT2D eigenvalue weighted by Gasteiger charge is -2.09. The van der Waals surface area contributed by atoms with Gasteiger partial charge in [-0.1, -0.05) is 54.6 Å². The molecule has 0 bridgehead atoms. The van der Waals surface area contributed by atoms with Crippen LogP contribution in [0.5, 0.6) is 0 Å². The van der Waals surface area contributed by atoms with Gasteiger partial charge in [0.2, 0.25) is 5.69 Å². The first-order chi connectivity index (χ1) is 17.1. The molecule has 0 unspecified atom stereocenters. The van der Waals surface area contributed by atoms with Gasteiger partial charge >= 0.3 is 0 Å². The van der Waals surface area contributed by atoms with Crippen LogP contribution in [0.2, 0.25) is 0 Å². The number of aromatic nitrogens is 1. The summed E-state index contributed by atoms with van der Waals surface area (Å²) in [4.78, 5) is 3.79. The molecule has 2 nitrogen and oxygen atoms in total. The second-order valence-corrected chi connectivity index (χ2v) is 8.69. The zero-order chi connectivity index (χ0) is 25.9. The number of rotatable bonds is 2. The third-order valence-corrected chi connectivity index (χ3v) is 7.18. The Labute approximate surface area is 193 Å². The molecule has 31 heavy (non-hydrogen) atoms. The molecule has 5 aromatic rings. The minimum absolute atomic E-state index is 0.0898. The van der Waals surface area contributed by atoms with E-state index in [0.717, 1.165) is 42.4 Å². The molecule has 0 N–H and O–H groups in total. The second kappa shape index (κ2) is 7.34. The van der Waals surface area contributed by atoms with Gasteiger partial charge in [0.25, 0.3) is 0 Å². The molecule has 3 heteroatoms. The highest BCUT2D eigenvalue weighted by atomic mass is 32.1. The van der Waals surface area contributed by atoms with Gasteiger partial charge in [-0.05, 0) is 36.3 Å². The van der Waals surface area contributed by atoms with Crippen molar-refractivity contribution in [1.29, 1.82) is 0 Å². The quantitative estimate of drug-likeness (QED) is 0.203. The van der Waals surface area contributed by atoms with E-state index in [0.29, 0.717) is 17.1 Å². The minimum atomic E-state index is -2.48. The number of thiophene rings is 1. The Morgan fingerprint density at radius 1 is 0.903 bits per heavy atom. The lowest BCUT2D eigenvalue weighted by Crippen LogP contribution is -2.35. The summed E-state index contributed by atoms with van der Waals surface area (Å²) in [7, 11) is 1.76. The first-order valence-corrected chi connectivity index (χ1v) is 10.8. The normalized spacial score (nSPS) is 13.9. The molecular formula is C28H23N2S+. The SMILES string of the molecule is [2H]c1c([2H])c(-c2c(C)ccc3c2sc2c(-c4ccccc4)c([N+]#[C-])ccc23)[n+](C)c(C)c1C([2H])([2H])[2H]. The van der Waals surface area contributed by atoms with Crippen molar-refractivity contribution in [3.63, 3.8) is 0 Å². The fourth-order valence-corrected chi connectivity index (χ4v) is 5.59. The summed E-state index contributed by atoms with van der Waals surface area (Å²) in [5, 5.41) is 2.03. The minimum Gasteiger partial charge on any atom is -0.237 e. The highest BCUT2D eigenvalue weighted by Crippen LogP contribution is 2.47. The Kier molecular flexibility index (Phi) is 3.43. The van der Waals surface area contributed by atoms with E-state index in [-0.39, 0.29) is 17.6 Å². The van der Waals surface area contributed by atoms with Crippen molar-refractivity contribution in [2.75, 3.05) is 0 Å². The average molecular weight is 425 g/mol. The summed E-state index contributed by atoms with van der Waals surface area (Å²) in [5.41, 5.74) is 5.07. The summed E-state index contributed by atoms with van der Waals surface area (Å²) >= 11 is 1.57. The average Bonchev–Trinajstić information content (AvgIpc) is 3.22. The van der Waals surface area contributed by atoms with Crippen LogP contribution in [0.15, 0.2) is 66.7 Å². The van der Waals surface area contributed by atoms with Crippen molar-refractivity contribution in [1.82, 2.24) is 0 Å². The Bertz CT molecular complexity index is 1700. The highest BCUT2D eigenvalue weighted by molar-refractivity contribution is 7.27. The van der Waals surface area contributed by atoms with Crippen molar-refractivity contribution in [2.45, 2.75) is 20.7 Å². The molecule has 0 aliphatic rings. The van der Waals surface area contributed by atoms with Gasteiger partial charge in [0.15, 0.2) is 11.4 Å². The monoisotopic (exact) mass is 424 g/mol. The van der Waals surface area contributed by atoms with Crippen molar-refractivity contribution in [3.05, 3.63) is 94.9 Å². The molecule has 150 valence electrons. The molecule has 5 rings (SSSR count). The zero-order valence-electron chi connectivity index (χ0n) is 22.5. The van der Waals surface area contributed by atoms with Crippen LogP contribution in [-0.2, 0) is 7.05 Å². The van der Waals surface area contributed by atoms with Gasteiger partial charge < -0.3 is 0 Å². The van der Waals surface area contributed by atoms with Crippen LogP contribution in [0.1, 0.15) is 23.7 Å². The van der Waals surface area contributed by atoms with E-state index in [1.54, 1.807) is 29.9 Å². The van der Waals surface area contributed by atoms with Gasteiger partial charge in [0.05, 0.1) is 14.9 Å². The largest absolute Gasteiger partial charge is 0.237 e. The molecule has 3 aromatic carbocycles. The number of aryl methyl sites for hydroxylation is 1. The Morgan fingerprint density at radius 2 is 1.61 bits per heavy atom. The van der Waals surface area contributed by atoms with E-state index in [1.165, 1.54) is 0 Å². The molecule has 0 fully saturated rings. The van der Waals surface area contributed by atoms with E-state index >= 15 is 0 Å². The molecule has 0 saturated carbocycles. The zero-order valence-corrected chi connectivity index (χ0v) is 18.3. The molecule has 0 aliphatic heterocycles. The molecule has 0 saturated heterocycles. The van der Waals surface area contributed by atoms with Crippen LogP contribution in [-0.4, -0.2) is 0 Å². The summed E-state index contributed by atoms with van der Waals surface area (Å²) in [5.74, 6) is 0. The summed E-state index contributed by atoms with van der Waals surface area (Å²) in [6, 6.07) is 17.4. The smallest absolute Gasteiger partial charge is 0.214 e. The molecule has 0 radical (unpaired) electrons. The molecular weight excluding hydrogens is 396 g/mol. The standard InChI is InChI=1S/C28H23N2S/c1-17-12-16-24(30(5)19(17)3)25-18(2)11-13-21-22-14-15-23(29-4)26(28(22)31-27(21)25)20-9-7-6-8-10-20/h6-16H,1-3,5H3/q+1/i1D3,12D,16D. The number of fused-ring (bicyclic) bond motifs is 3. The van der Waals surface area contributed by atoms with Crippen molar-refractivity contribution < 1.29 is 11.4 Å². The van der Waals surface area contributed by atoms with Crippen LogP contribution in [0.4, 0.5) is 5.69 Å². The van der Waals surface area contributed by atoms with Crippen LogP contribution in [0, 0.1) is 27.3 Å². The number of hydrogen-bond donors (Lipinski definition) is 0. The van der Waals surface area contributed by atoms with E-state index in [9.17, 15) is 0 Å². The molecule has 2 aromatic heterocycles. The van der Waals surface area contributed by atoms with Crippen LogP contribution in [0.25, 0.3) is 47.4 Å². The Hall–Kier alpha value is -3.48. The van der Waals surface area contributed by atoms with E-state index < -0.39 is 6.85 Å². The van der Waals surface area contributed by atoms with Crippen LogP contribution < -0.4 is 4.57 Å². The Morgan fingerprint density at radius 3 is 2.32 bits per heavy atom.